The van der Waals surface area contributed by atoms with Crippen LogP contribution in [0.2, 0.25) is 13.3 Å². The summed E-state index contributed by atoms with van der Waals surface area (Å²) in [6, 6.07) is 7.52. The minimum atomic E-state index is -2.96. The first-order chi connectivity index (χ1) is 31.2. The number of nitrogens with zero attached hydrogens (tertiary/aromatic N) is 1. The van der Waals surface area contributed by atoms with Crippen molar-refractivity contribution >= 4 is 48.0 Å². The molecule has 3 fully saturated rings. The number of esters is 2. The maximum absolute atomic E-state index is 14.9. The van der Waals surface area contributed by atoms with Crippen molar-refractivity contribution in [3.63, 3.8) is 0 Å². The second-order valence-corrected chi connectivity index (χ2v) is 32.4. The molecule has 370 valence electrons. The maximum atomic E-state index is 14.9. The molecule has 13 atom stereocenters. The molecule has 14 heteroatoms. The second kappa shape index (κ2) is 25.0. The van der Waals surface area contributed by atoms with Crippen LogP contribution < -0.4 is 5.32 Å². The molecule has 1 aromatic rings. The van der Waals surface area contributed by atoms with Gasteiger partial charge in [-0.3, -0.25) is 0 Å². The van der Waals surface area contributed by atoms with Gasteiger partial charge in [0, 0.05) is 0 Å². The number of hydrogen-bond donors (Lipinski definition) is 1. The van der Waals surface area contributed by atoms with Crippen LogP contribution in [-0.2, 0) is 42.8 Å². The fraction of sp³-hybridized carbons (Fsp3) is 0.750. The zero-order valence-corrected chi connectivity index (χ0v) is 45.2. The minimum absolute atomic E-state index is 0.0197. The molecule has 0 radical (unpaired) electrons. The van der Waals surface area contributed by atoms with Crippen molar-refractivity contribution in [2.24, 2.45) is 23.7 Å². The molecule has 0 saturated carbocycles. The van der Waals surface area contributed by atoms with E-state index < -0.39 is 108 Å². The van der Waals surface area contributed by atoms with Crippen LogP contribution in [0.15, 0.2) is 30.3 Å². The predicted molar refractivity (Wildman–Crippen MR) is 257 cm³/mol. The molecule has 1 aromatic carbocycles. The Morgan fingerprint density at radius 3 is 2.05 bits per heavy atom. The number of ether oxygens (including phenoxy) is 6. The number of ketones is 2. The summed E-state index contributed by atoms with van der Waals surface area (Å²) in [5.41, 5.74) is -2.44. The van der Waals surface area contributed by atoms with Crippen LogP contribution in [0, 0.1) is 33.5 Å². The summed E-state index contributed by atoms with van der Waals surface area (Å²) < 4.78 is 46.4. The monoisotopic (exact) mass is 1030 g/mol. The number of carbonyl (C=O) groups is 5. The molecule has 0 aromatic heterocycles. The summed E-state index contributed by atoms with van der Waals surface area (Å²) in [5.74, 6) is -2.27. The van der Waals surface area contributed by atoms with Crippen molar-refractivity contribution in [3.05, 3.63) is 35.9 Å². The van der Waals surface area contributed by atoms with Gasteiger partial charge < -0.3 is 0 Å². The van der Waals surface area contributed by atoms with E-state index in [2.05, 4.69) is 35.9 Å². The Morgan fingerprint density at radius 1 is 0.879 bits per heavy atom. The van der Waals surface area contributed by atoms with Gasteiger partial charge in [-0.25, -0.2) is 4.79 Å². The van der Waals surface area contributed by atoms with E-state index in [0.717, 1.165) is 38.5 Å². The molecule has 0 spiro atoms. The van der Waals surface area contributed by atoms with Crippen LogP contribution in [0.1, 0.15) is 144 Å². The Bertz CT molecular complexity index is 1830. The number of benzene rings is 1. The summed E-state index contributed by atoms with van der Waals surface area (Å²) in [4.78, 5) is 72.6. The van der Waals surface area contributed by atoms with Gasteiger partial charge in [0.2, 0.25) is 0 Å². The van der Waals surface area contributed by atoms with Gasteiger partial charge in [0.05, 0.1) is 0 Å². The quantitative estimate of drug-likeness (QED) is 0.0520. The average Bonchev–Trinajstić information content (AvgIpc) is 3.61. The zero-order valence-electron chi connectivity index (χ0n) is 42.4. The first-order valence-corrected chi connectivity index (χ1v) is 32.3. The third-order valence-electron chi connectivity index (χ3n) is 14.5. The topological polar surface area (TPSA) is 156 Å². The van der Waals surface area contributed by atoms with Gasteiger partial charge in [0.15, 0.2) is 0 Å². The van der Waals surface area contributed by atoms with Gasteiger partial charge in [0.25, 0.3) is 0 Å². The summed E-state index contributed by atoms with van der Waals surface area (Å²) in [6.07, 6.45) is 2.34. The third kappa shape index (κ3) is 13.6. The Morgan fingerprint density at radius 2 is 1.48 bits per heavy atom. The number of carbonyl (C=O) groups excluding carboxylic acids is 5. The number of nitrogens with one attached hydrogen (secondary N) is 1. The third-order valence-corrected chi connectivity index (χ3v) is 27.8. The molecule has 1 N–H and O–H groups in total. The van der Waals surface area contributed by atoms with E-state index in [1.807, 2.05) is 45.8 Å². The van der Waals surface area contributed by atoms with E-state index in [9.17, 15) is 24.0 Å². The number of hydrogen-bond acceptors (Lipinski definition) is 12. The molecule has 3 aliphatic heterocycles. The molecule has 0 aliphatic carbocycles. The number of cyclic esters (lactones) is 1. The first-order valence-electron chi connectivity index (χ1n) is 24.9. The zero-order chi connectivity index (χ0) is 49.0. The molecular formula is C52H82N2O11Sn. The Labute approximate surface area is 400 Å². The molecule has 1 amide bonds. The molecular weight excluding hydrogens is 947 g/mol. The Kier molecular flexibility index (Phi) is 21.1. The average molecular weight is 1030 g/mol. The normalized spacial score (nSPS) is 33.5. The number of rotatable bonds is 17. The number of likely N-dealkylation sites (N-methyl/N-ethyl adjacent to an activating group) is 1. The molecule has 0 unspecified atom stereocenters. The van der Waals surface area contributed by atoms with Gasteiger partial charge in [-0.1, -0.05) is 25.1 Å². The van der Waals surface area contributed by atoms with Crippen LogP contribution in [0.5, 0.6) is 0 Å². The Hall–Kier alpha value is -3.03. The summed E-state index contributed by atoms with van der Waals surface area (Å²) in [7, 11) is 3.81. The molecule has 4 rings (SSSR count). The number of Topliss-reactive ketones (excluding diaryl/α,β-unsaturated/α-hetero) is 2. The molecule has 3 heterocycles. The predicted octanol–water partition coefficient (Wildman–Crippen LogP) is 9.10. The van der Waals surface area contributed by atoms with Gasteiger partial charge >= 0.3 is 353 Å². The van der Waals surface area contributed by atoms with Crippen LogP contribution >= 0.6 is 0 Å². The van der Waals surface area contributed by atoms with E-state index in [0.29, 0.717) is 12.0 Å². The Balaban J connectivity index is 1.90. The van der Waals surface area contributed by atoms with E-state index in [1.165, 1.54) is 20.2 Å². The van der Waals surface area contributed by atoms with Crippen LogP contribution in [0.3, 0.4) is 0 Å². The van der Waals surface area contributed by atoms with Crippen molar-refractivity contribution in [2.45, 2.75) is 201 Å². The summed E-state index contributed by atoms with van der Waals surface area (Å²) >= 11 is -2.96. The van der Waals surface area contributed by atoms with Crippen LogP contribution in [0.4, 0.5) is 4.79 Å². The standard InChI is InChI=1S/C40H55N2O11.3C4H9.Sn/c1-12-19-48-39(8)21-22(3)30(43)24(5)33-40(9,53-38(47)41-33)29(13-2)50-35(45)26(7)31(44)25(6)34(39)52-37-32(28(42(10)11)20-23(4)49-37)51-36(46)27-17-15-14-16-18-27;3*1-3-4-2;/h14-18,22-26,28-29,32-34,37H,13,19-21H2,2-11H3,(H,41,47);3*1,3-4H2,2H3;/t22-,23-,24+,25+,26-,28+,29-,32-,33-,34-,37+,39-,40-;;;;/m1..../s1. The van der Waals surface area contributed by atoms with Crippen molar-refractivity contribution in [1.29, 1.82) is 0 Å². The number of alkyl carbamates (subject to hydrolysis) is 1. The molecule has 66 heavy (non-hydrogen) atoms. The van der Waals surface area contributed by atoms with Crippen LogP contribution in [-0.4, -0.2) is 128 Å². The first kappa shape index (κ1) is 55.6. The number of unbranched alkanes of at least 4 members (excludes halogenated alkanes) is 3. The molecule has 0 bridgehead atoms. The molecule has 3 saturated heterocycles. The van der Waals surface area contributed by atoms with Gasteiger partial charge in [-0.2, -0.15) is 0 Å². The number of amides is 1. The summed E-state index contributed by atoms with van der Waals surface area (Å²) in [5, 5.41) is 2.85. The van der Waals surface area contributed by atoms with E-state index in [-0.39, 0.29) is 37.4 Å². The molecule has 3 aliphatic rings. The number of fused-ring (bicyclic) bond motifs is 1. The van der Waals surface area contributed by atoms with Gasteiger partial charge in [-0.15, -0.1) is 0 Å². The SMILES string of the molecule is CCC[CH2][Sn]([C]#CCO[C@]1(C)C[C@@H](C)C(=O)[C@H](C)[C@H]2NC(=O)O[C@]2(C)[C@@H](CC)OC(=O)[C@H](C)C(=O)[C@H](C)[C@H]1O[C@@H]1O[C@H](C)C[C@H](N(C)C)[C@H]1OC(=O)c1ccccc1)([CH2]CCC)[CH2]CCC. The fourth-order valence-electron chi connectivity index (χ4n) is 10.5. The van der Waals surface area contributed by atoms with Gasteiger partial charge in [0.1, 0.15) is 0 Å². The van der Waals surface area contributed by atoms with Crippen LogP contribution in [0.25, 0.3) is 0 Å². The van der Waals surface area contributed by atoms with Crippen molar-refractivity contribution in [2.75, 3.05) is 20.7 Å². The van der Waals surface area contributed by atoms with Crippen molar-refractivity contribution in [1.82, 2.24) is 10.2 Å². The van der Waals surface area contributed by atoms with Crippen molar-refractivity contribution < 1.29 is 52.4 Å². The summed E-state index contributed by atoms with van der Waals surface area (Å²) in [6.45, 7) is 20.7. The van der Waals surface area contributed by atoms with E-state index in [4.69, 9.17) is 28.4 Å². The second-order valence-electron chi connectivity index (χ2n) is 20.1. The van der Waals surface area contributed by atoms with Gasteiger partial charge in [-0.05, 0) is 18.6 Å². The van der Waals surface area contributed by atoms with Crippen molar-refractivity contribution in [3.8, 4) is 9.86 Å². The fourth-order valence-corrected chi connectivity index (χ4v) is 23.8. The molecule has 13 nitrogen and oxygen atoms in total. The van der Waals surface area contributed by atoms with E-state index in [1.54, 1.807) is 52.0 Å². The van der Waals surface area contributed by atoms with E-state index >= 15 is 0 Å².